The van der Waals surface area contributed by atoms with Gasteiger partial charge in [-0.15, -0.1) is 0 Å². The van der Waals surface area contributed by atoms with Gasteiger partial charge in [-0.1, -0.05) is 12.1 Å². The molecule has 0 amide bonds. The zero-order chi connectivity index (χ0) is 25.4. The third kappa shape index (κ3) is 4.92. The summed E-state index contributed by atoms with van der Waals surface area (Å²) < 4.78 is 31.7. The highest BCUT2D eigenvalue weighted by atomic mass is 19.3. The monoisotopic (exact) mass is 499 g/mol. The van der Waals surface area contributed by atoms with Crippen LogP contribution in [0.3, 0.4) is 0 Å². The molecule has 10 heteroatoms. The van der Waals surface area contributed by atoms with E-state index >= 15 is 0 Å². The summed E-state index contributed by atoms with van der Waals surface area (Å²) >= 11 is 0. The minimum Gasteiger partial charge on any atom is -0.429 e. The molecule has 3 heterocycles. The predicted molar refractivity (Wildman–Crippen MR) is 133 cm³/mol. The Morgan fingerprint density at radius 2 is 1.92 bits per heavy atom. The van der Waals surface area contributed by atoms with Crippen LogP contribution in [0.5, 0.6) is 5.75 Å². The zero-order valence-electron chi connectivity index (χ0n) is 20.5. The summed E-state index contributed by atoms with van der Waals surface area (Å²) in [5.74, 6) is 0.322. The Hall–Kier alpha value is -3.11. The topological polar surface area (TPSA) is 92.5 Å². The minimum atomic E-state index is -3.15. The Morgan fingerprint density at radius 1 is 1.19 bits per heavy atom. The van der Waals surface area contributed by atoms with Gasteiger partial charge in [0.1, 0.15) is 5.65 Å². The fraction of sp³-hybridized carbons (Fsp3) is 0.500. The lowest BCUT2D eigenvalue weighted by molar-refractivity contribution is -0.0513. The van der Waals surface area contributed by atoms with Crippen LogP contribution in [0.2, 0.25) is 0 Å². The van der Waals surface area contributed by atoms with Crippen molar-refractivity contribution in [1.29, 1.82) is 0 Å². The first-order chi connectivity index (χ1) is 17.2. The molecule has 2 aromatic heterocycles. The van der Waals surface area contributed by atoms with Gasteiger partial charge in [-0.3, -0.25) is 9.36 Å². The maximum Gasteiger partial charge on any atom is 0.387 e. The number of halogens is 2. The number of aromatic nitrogens is 3. The number of aliphatic hydroxyl groups is 1. The Labute approximate surface area is 207 Å². The minimum absolute atomic E-state index is 0.259. The number of likely N-dealkylation sites (tertiary alicyclic amines) is 1. The normalized spacial score (nSPS) is 23.4. The fourth-order valence-electron chi connectivity index (χ4n) is 5.47. The molecular formula is C26H31F2N5O3. The molecule has 5 rings (SSSR count). The van der Waals surface area contributed by atoms with Gasteiger partial charge in [0.15, 0.2) is 5.75 Å². The molecule has 3 aromatic rings. The molecule has 2 atom stereocenters. The summed E-state index contributed by atoms with van der Waals surface area (Å²) in [4.78, 5) is 24.4. The van der Waals surface area contributed by atoms with Crippen molar-refractivity contribution < 1.29 is 18.6 Å². The van der Waals surface area contributed by atoms with Gasteiger partial charge < -0.3 is 20.1 Å². The number of nitrogens with one attached hydrogen (secondary N) is 1. The van der Waals surface area contributed by atoms with Crippen LogP contribution in [0.4, 0.5) is 20.4 Å². The van der Waals surface area contributed by atoms with E-state index in [0.29, 0.717) is 30.6 Å². The molecule has 192 valence electrons. The average molecular weight is 500 g/mol. The highest BCUT2D eigenvalue weighted by molar-refractivity contribution is 5.77. The molecule has 0 unspecified atom stereocenters. The molecule has 2 aliphatic rings. The summed E-state index contributed by atoms with van der Waals surface area (Å²) in [6, 6.07) is 8.79. The van der Waals surface area contributed by atoms with Crippen molar-refractivity contribution >= 4 is 22.7 Å². The van der Waals surface area contributed by atoms with Crippen molar-refractivity contribution in [1.82, 2.24) is 19.4 Å². The van der Waals surface area contributed by atoms with Crippen LogP contribution in [-0.2, 0) is 0 Å². The van der Waals surface area contributed by atoms with E-state index in [1.807, 2.05) is 12.1 Å². The highest BCUT2D eigenvalue weighted by Gasteiger charge is 2.40. The molecule has 0 radical (unpaired) electrons. The SMILES string of the molecule is CN1CCC(c2ccc(Nc3ncc4cc(OC(F)F)c(=O)n([C@@H]5CCC[C@@]5(C)O)c4n3)cc2)CC1. The summed E-state index contributed by atoms with van der Waals surface area (Å²) in [6.45, 7) is 0.687. The van der Waals surface area contributed by atoms with E-state index in [0.717, 1.165) is 31.6 Å². The van der Waals surface area contributed by atoms with E-state index in [9.17, 15) is 18.7 Å². The summed E-state index contributed by atoms with van der Waals surface area (Å²) in [5, 5.41) is 14.5. The second kappa shape index (κ2) is 9.74. The predicted octanol–water partition coefficient (Wildman–Crippen LogP) is 4.42. The Morgan fingerprint density at radius 3 is 2.56 bits per heavy atom. The van der Waals surface area contributed by atoms with Crippen molar-refractivity contribution in [3.8, 4) is 5.75 Å². The molecular weight excluding hydrogens is 468 g/mol. The summed E-state index contributed by atoms with van der Waals surface area (Å²) in [7, 11) is 2.15. The molecule has 2 fully saturated rings. The molecule has 1 saturated carbocycles. The third-order valence-corrected chi connectivity index (χ3v) is 7.50. The second-order valence-electron chi connectivity index (χ2n) is 10.1. The lowest BCUT2D eigenvalue weighted by Crippen LogP contribution is -2.38. The van der Waals surface area contributed by atoms with Crippen LogP contribution in [0.25, 0.3) is 11.0 Å². The lowest BCUT2D eigenvalue weighted by atomic mass is 9.89. The van der Waals surface area contributed by atoms with Crippen LogP contribution in [0.15, 0.2) is 41.3 Å². The maximum absolute atomic E-state index is 13.2. The Kier molecular flexibility index (Phi) is 6.65. The first-order valence-electron chi connectivity index (χ1n) is 12.4. The molecule has 1 aliphatic carbocycles. The van der Waals surface area contributed by atoms with Crippen molar-refractivity contribution in [3.63, 3.8) is 0 Å². The van der Waals surface area contributed by atoms with Gasteiger partial charge in [0, 0.05) is 17.3 Å². The number of alkyl halides is 2. The standard InChI is InChI=1S/C26H31F2N5O3/c1-26(35)11-3-4-21(26)33-22-18(14-20(23(33)34)36-24(27)28)15-29-25(31-22)30-19-7-5-16(6-8-19)17-9-12-32(2)13-10-17/h5-8,14-15,17,21,24,35H,3-4,9-13H2,1-2H3,(H,29,30,31)/t21-,26-/m1/s1. The summed E-state index contributed by atoms with van der Waals surface area (Å²) in [6.07, 6.45) is 5.45. The number of rotatable bonds is 6. The molecule has 36 heavy (non-hydrogen) atoms. The third-order valence-electron chi connectivity index (χ3n) is 7.50. The van der Waals surface area contributed by atoms with Crippen molar-refractivity contribution in [2.24, 2.45) is 0 Å². The van der Waals surface area contributed by atoms with Gasteiger partial charge in [-0.25, -0.2) is 4.98 Å². The van der Waals surface area contributed by atoms with Gasteiger partial charge in [0.25, 0.3) is 5.56 Å². The smallest absolute Gasteiger partial charge is 0.387 e. The van der Waals surface area contributed by atoms with E-state index in [-0.39, 0.29) is 11.6 Å². The van der Waals surface area contributed by atoms with E-state index in [1.54, 1.807) is 6.92 Å². The number of piperidine rings is 1. The Bertz CT molecular complexity index is 1290. The van der Waals surface area contributed by atoms with E-state index in [1.165, 1.54) is 22.4 Å². The van der Waals surface area contributed by atoms with E-state index < -0.39 is 29.6 Å². The average Bonchev–Trinajstić information content (AvgIpc) is 3.19. The van der Waals surface area contributed by atoms with Crippen molar-refractivity contribution in [3.05, 3.63) is 52.4 Å². The molecule has 8 nitrogen and oxygen atoms in total. The van der Waals surface area contributed by atoms with Crippen LogP contribution in [0.1, 0.15) is 56.6 Å². The number of nitrogens with zero attached hydrogens (tertiary/aromatic N) is 4. The highest BCUT2D eigenvalue weighted by Crippen LogP contribution is 2.40. The van der Waals surface area contributed by atoms with Crippen molar-refractivity contribution in [2.75, 3.05) is 25.5 Å². The van der Waals surface area contributed by atoms with Crippen LogP contribution >= 0.6 is 0 Å². The van der Waals surface area contributed by atoms with E-state index in [2.05, 4.69) is 44.1 Å². The van der Waals surface area contributed by atoms with Gasteiger partial charge >= 0.3 is 6.61 Å². The van der Waals surface area contributed by atoms with Crippen LogP contribution in [-0.4, -0.2) is 56.9 Å². The number of hydrogen-bond acceptors (Lipinski definition) is 7. The Balaban J connectivity index is 1.47. The number of ether oxygens (including phenoxy) is 1. The van der Waals surface area contributed by atoms with Gasteiger partial charge in [0.05, 0.1) is 11.6 Å². The summed E-state index contributed by atoms with van der Waals surface area (Å²) in [5.41, 5.74) is 0.432. The van der Waals surface area contributed by atoms with Crippen LogP contribution in [0, 0.1) is 0 Å². The fourth-order valence-corrected chi connectivity index (χ4v) is 5.47. The molecule has 2 N–H and O–H groups in total. The van der Waals surface area contributed by atoms with Gasteiger partial charge in [-0.05, 0) is 88.8 Å². The van der Waals surface area contributed by atoms with Gasteiger partial charge in [0.2, 0.25) is 5.95 Å². The number of fused-ring (bicyclic) bond motifs is 1. The molecule has 1 aliphatic heterocycles. The molecule has 1 aromatic carbocycles. The van der Waals surface area contributed by atoms with Crippen molar-refractivity contribution in [2.45, 2.75) is 63.2 Å². The lowest BCUT2D eigenvalue weighted by Gasteiger charge is -2.29. The molecule has 1 saturated heterocycles. The largest absolute Gasteiger partial charge is 0.429 e. The maximum atomic E-state index is 13.2. The molecule has 0 bridgehead atoms. The van der Waals surface area contributed by atoms with E-state index in [4.69, 9.17) is 0 Å². The quantitative estimate of drug-likeness (QED) is 0.519. The first kappa shape index (κ1) is 24.6. The first-order valence-corrected chi connectivity index (χ1v) is 12.4. The van der Waals surface area contributed by atoms with Crippen LogP contribution < -0.4 is 15.6 Å². The number of pyridine rings is 1. The second-order valence-corrected chi connectivity index (χ2v) is 10.1. The number of benzene rings is 1. The number of anilines is 2. The number of hydrogen-bond donors (Lipinski definition) is 2. The molecule has 0 spiro atoms. The zero-order valence-corrected chi connectivity index (χ0v) is 20.5. The van der Waals surface area contributed by atoms with Gasteiger partial charge in [-0.2, -0.15) is 13.8 Å².